The van der Waals surface area contributed by atoms with E-state index in [0.717, 1.165) is 12.8 Å². The van der Waals surface area contributed by atoms with Crippen LogP contribution in [0.25, 0.3) is 0 Å². The van der Waals surface area contributed by atoms with Crippen LogP contribution in [0, 0.1) is 5.92 Å². The first-order valence-electron chi connectivity index (χ1n) is 6.05. The normalized spacial score (nSPS) is 14.3. The third-order valence-electron chi connectivity index (χ3n) is 2.78. The van der Waals surface area contributed by atoms with E-state index in [1.165, 1.54) is 9.80 Å². The van der Waals surface area contributed by atoms with Crippen molar-refractivity contribution >= 4 is 12.0 Å². The average Bonchev–Trinajstić information content (AvgIpc) is 3.10. The molecule has 0 radical (unpaired) electrons. The fourth-order valence-corrected chi connectivity index (χ4v) is 1.73. The minimum atomic E-state index is -1.06. The highest BCUT2D eigenvalue weighted by Gasteiger charge is 2.29. The van der Waals surface area contributed by atoms with Crippen LogP contribution in [0.4, 0.5) is 4.79 Å². The number of carboxylic acid groups (broad SMARTS) is 1. The summed E-state index contributed by atoms with van der Waals surface area (Å²) in [5.74, 6) is -0.671. The van der Waals surface area contributed by atoms with Gasteiger partial charge in [-0.15, -0.1) is 0 Å². The Bertz CT molecular complexity index is 287. The van der Waals surface area contributed by atoms with E-state index in [2.05, 4.69) is 0 Å². The fraction of sp³-hybridized carbons (Fsp3) is 0.818. The van der Waals surface area contributed by atoms with Gasteiger partial charge in [-0.25, -0.2) is 4.79 Å². The number of rotatable bonds is 8. The Morgan fingerprint density at radius 1 is 1.06 bits per heavy atom. The Kier molecular flexibility index (Phi) is 5.87. The van der Waals surface area contributed by atoms with Crippen LogP contribution in [0.15, 0.2) is 0 Å². The molecule has 0 atom stereocenters. The van der Waals surface area contributed by atoms with Crippen molar-refractivity contribution < 1.29 is 24.9 Å². The minimum absolute atomic E-state index is 0.0974. The second-order valence-electron chi connectivity index (χ2n) is 4.43. The zero-order valence-corrected chi connectivity index (χ0v) is 10.3. The molecule has 0 aromatic heterocycles. The molecule has 0 aliphatic heterocycles. The van der Waals surface area contributed by atoms with Crippen LogP contribution in [0.3, 0.4) is 0 Å². The van der Waals surface area contributed by atoms with E-state index in [0.29, 0.717) is 12.5 Å². The lowest BCUT2D eigenvalue weighted by atomic mass is 10.3. The molecule has 1 aliphatic rings. The molecular formula is C11H20N2O5. The van der Waals surface area contributed by atoms with Crippen molar-refractivity contribution in [3.05, 3.63) is 0 Å². The number of aliphatic hydroxyl groups excluding tert-OH is 2. The molecule has 7 heteroatoms. The summed E-state index contributed by atoms with van der Waals surface area (Å²) in [6, 6.07) is -0.438. The van der Waals surface area contributed by atoms with Gasteiger partial charge in [0.25, 0.3) is 0 Å². The molecule has 0 aromatic carbocycles. The third-order valence-corrected chi connectivity index (χ3v) is 2.78. The van der Waals surface area contributed by atoms with Crippen molar-refractivity contribution in [3.63, 3.8) is 0 Å². The molecule has 104 valence electrons. The maximum Gasteiger partial charge on any atom is 0.323 e. The highest BCUT2D eigenvalue weighted by molar-refractivity contribution is 5.80. The smallest absolute Gasteiger partial charge is 0.323 e. The molecule has 0 spiro atoms. The van der Waals surface area contributed by atoms with Gasteiger partial charge in [0.15, 0.2) is 0 Å². The summed E-state index contributed by atoms with van der Waals surface area (Å²) in [5, 5.41) is 26.5. The van der Waals surface area contributed by atoms with Crippen LogP contribution in [0.2, 0.25) is 0 Å². The number of urea groups is 1. The summed E-state index contributed by atoms with van der Waals surface area (Å²) >= 11 is 0. The van der Waals surface area contributed by atoms with Gasteiger partial charge in [0.2, 0.25) is 0 Å². The van der Waals surface area contributed by atoms with Gasteiger partial charge in [0.1, 0.15) is 6.54 Å². The van der Waals surface area contributed by atoms with Crippen molar-refractivity contribution in [2.75, 3.05) is 39.4 Å². The van der Waals surface area contributed by atoms with E-state index >= 15 is 0 Å². The predicted octanol–water partition coefficient (Wildman–Crippen LogP) is -0.810. The van der Waals surface area contributed by atoms with Crippen LogP contribution in [0.5, 0.6) is 0 Å². The minimum Gasteiger partial charge on any atom is -0.480 e. The molecule has 1 fully saturated rings. The number of aliphatic hydroxyl groups is 2. The Hall–Kier alpha value is -1.34. The number of carbonyl (C=O) groups excluding carboxylic acids is 1. The predicted molar refractivity (Wildman–Crippen MR) is 63.1 cm³/mol. The maximum absolute atomic E-state index is 12.1. The van der Waals surface area contributed by atoms with Gasteiger partial charge in [0, 0.05) is 19.6 Å². The van der Waals surface area contributed by atoms with E-state index in [9.17, 15) is 9.59 Å². The molecule has 3 N–H and O–H groups in total. The summed E-state index contributed by atoms with van der Waals surface area (Å²) < 4.78 is 0. The average molecular weight is 260 g/mol. The molecule has 18 heavy (non-hydrogen) atoms. The van der Waals surface area contributed by atoms with Gasteiger partial charge in [0.05, 0.1) is 13.2 Å². The molecule has 0 unspecified atom stereocenters. The Labute approximate surface area is 106 Å². The monoisotopic (exact) mass is 260 g/mol. The molecule has 1 rings (SSSR count). The second kappa shape index (κ2) is 7.17. The largest absolute Gasteiger partial charge is 0.480 e. The van der Waals surface area contributed by atoms with Crippen molar-refractivity contribution in [2.45, 2.75) is 12.8 Å². The molecule has 0 saturated heterocycles. The number of carbonyl (C=O) groups is 2. The quantitative estimate of drug-likeness (QED) is 0.530. The molecule has 0 heterocycles. The molecule has 1 aliphatic carbocycles. The highest BCUT2D eigenvalue weighted by atomic mass is 16.4. The summed E-state index contributed by atoms with van der Waals surface area (Å²) in [6.07, 6.45) is 2.03. The standard InChI is InChI=1S/C11H20N2O5/c14-5-3-12(4-6-15)11(18)13(8-10(16)17)7-9-1-2-9/h9,14-15H,1-8H2,(H,16,17). The maximum atomic E-state index is 12.1. The Morgan fingerprint density at radius 3 is 2.00 bits per heavy atom. The van der Waals surface area contributed by atoms with Crippen molar-refractivity contribution in [2.24, 2.45) is 5.92 Å². The third kappa shape index (κ3) is 4.89. The van der Waals surface area contributed by atoms with Gasteiger partial charge < -0.3 is 25.1 Å². The zero-order valence-electron chi connectivity index (χ0n) is 10.3. The fourth-order valence-electron chi connectivity index (χ4n) is 1.73. The van der Waals surface area contributed by atoms with Crippen molar-refractivity contribution in [3.8, 4) is 0 Å². The van der Waals surface area contributed by atoms with Gasteiger partial charge in [-0.2, -0.15) is 0 Å². The first-order chi connectivity index (χ1) is 8.58. The molecular weight excluding hydrogens is 240 g/mol. The Balaban J connectivity index is 2.60. The molecule has 7 nitrogen and oxygen atoms in total. The summed E-state index contributed by atoms with van der Waals surface area (Å²) in [5.41, 5.74) is 0. The number of amides is 2. The topological polar surface area (TPSA) is 101 Å². The molecule has 2 amide bonds. The van der Waals surface area contributed by atoms with Gasteiger partial charge in [-0.1, -0.05) is 0 Å². The van der Waals surface area contributed by atoms with E-state index in [1.54, 1.807) is 0 Å². The number of nitrogens with zero attached hydrogens (tertiary/aromatic N) is 2. The Morgan fingerprint density at radius 2 is 1.61 bits per heavy atom. The van der Waals surface area contributed by atoms with E-state index in [4.69, 9.17) is 15.3 Å². The van der Waals surface area contributed by atoms with Gasteiger partial charge >= 0.3 is 12.0 Å². The number of carboxylic acids is 1. The van der Waals surface area contributed by atoms with Crippen LogP contribution in [-0.4, -0.2) is 76.5 Å². The molecule has 1 saturated carbocycles. The second-order valence-corrected chi connectivity index (χ2v) is 4.43. The van der Waals surface area contributed by atoms with E-state index in [-0.39, 0.29) is 32.8 Å². The number of hydrogen-bond acceptors (Lipinski definition) is 4. The lowest BCUT2D eigenvalue weighted by Gasteiger charge is -2.29. The molecule has 0 bridgehead atoms. The zero-order chi connectivity index (χ0) is 13.5. The summed E-state index contributed by atoms with van der Waals surface area (Å²) in [7, 11) is 0. The van der Waals surface area contributed by atoms with E-state index in [1.807, 2.05) is 0 Å². The lowest BCUT2D eigenvalue weighted by Crippen LogP contribution is -2.48. The first kappa shape index (κ1) is 14.7. The van der Waals surface area contributed by atoms with Gasteiger partial charge in [-0.3, -0.25) is 4.79 Å². The van der Waals surface area contributed by atoms with Crippen molar-refractivity contribution in [1.82, 2.24) is 9.80 Å². The lowest BCUT2D eigenvalue weighted by molar-refractivity contribution is -0.137. The van der Waals surface area contributed by atoms with Crippen LogP contribution in [-0.2, 0) is 4.79 Å². The van der Waals surface area contributed by atoms with Crippen molar-refractivity contribution in [1.29, 1.82) is 0 Å². The highest BCUT2D eigenvalue weighted by Crippen LogP contribution is 2.29. The first-order valence-corrected chi connectivity index (χ1v) is 6.05. The van der Waals surface area contributed by atoms with Crippen LogP contribution < -0.4 is 0 Å². The number of hydrogen-bond donors (Lipinski definition) is 3. The van der Waals surface area contributed by atoms with E-state index < -0.39 is 12.0 Å². The SMILES string of the molecule is O=C(O)CN(CC1CC1)C(=O)N(CCO)CCO. The van der Waals surface area contributed by atoms with Crippen LogP contribution in [0.1, 0.15) is 12.8 Å². The van der Waals surface area contributed by atoms with Crippen LogP contribution >= 0.6 is 0 Å². The summed E-state index contributed by atoms with van der Waals surface area (Å²) in [4.78, 5) is 25.4. The summed E-state index contributed by atoms with van der Waals surface area (Å²) in [6.45, 7) is -0.145. The number of aliphatic carboxylic acids is 1. The molecule has 0 aromatic rings. The van der Waals surface area contributed by atoms with Gasteiger partial charge in [-0.05, 0) is 18.8 Å².